The lowest BCUT2D eigenvalue weighted by Gasteiger charge is -2.11. The van der Waals surface area contributed by atoms with Crippen LogP contribution in [0.15, 0.2) is 42.5 Å². The zero-order chi connectivity index (χ0) is 15.5. The van der Waals surface area contributed by atoms with Gasteiger partial charge in [0.25, 0.3) is 0 Å². The van der Waals surface area contributed by atoms with Crippen molar-refractivity contribution in [3.63, 3.8) is 0 Å². The van der Waals surface area contributed by atoms with Crippen LogP contribution in [-0.2, 0) is 6.54 Å². The summed E-state index contributed by atoms with van der Waals surface area (Å²) >= 11 is 0. The summed E-state index contributed by atoms with van der Waals surface area (Å²) in [6, 6.07) is 10.2. The molecule has 2 nitrogen and oxygen atoms in total. The first-order valence-electron chi connectivity index (χ1n) is 6.19. The highest BCUT2D eigenvalue weighted by molar-refractivity contribution is 5.51. The second-order valence-electron chi connectivity index (χ2n) is 4.46. The van der Waals surface area contributed by atoms with Crippen LogP contribution in [0.5, 0.6) is 5.75 Å². The normalized spacial score (nSPS) is 11.3. The molecule has 0 radical (unpaired) electrons. The lowest BCUT2D eigenvalue weighted by atomic mass is 10.1. The molecule has 0 aromatic heterocycles. The standard InChI is InChI=1S/C15H13F4NO/c1-10-13(16)3-2-4-14(10)20-9-11-5-7-12(8-6-11)21-15(17,18)19/h2-8,20H,9H2,1H3. The summed E-state index contributed by atoms with van der Waals surface area (Å²) in [7, 11) is 0. The first kappa shape index (κ1) is 15.2. The van der Waals surface area contributed by atoms with Crippen LogP contribution in [0, 0.1) is 12.7 Å². The van der Waals surface area contributed by atoms with E-state index in [1.54, 1.807) is 19.1 Å². The van der Waals surface area contributed by atoms with Crippen LogP contribution >= 0.6 is 0 Å². The van der Waals surface area contributed by atoms with Crippen molar-refractivity contribution in [1.82, 2.24) is 0 Å². The van der Waals surface area contributed by atoms with Gasteiger partial charge < -0.3 is 10.1 Å². The maximum Gasteiger partial charge on any atom is 0.573 e. The molecule has 0 saturated heterocycles. The molecule has 0 saturated carbocycles. The van der Waals surface area contributed by atoms with Gasteiger partial charge in [0.15, 0.2) is 0 Å². The Morgan fingerprint density at radius 2 is 1.71 bits per heavy atom. The maximum atomic E-state index is 13.4. The summed E-state index contributed by atoms with van der Waals surface area (Å²) in [6.07, 6.45) is -4.70. The number of halogens is 4. The maximum absolute atomic E-state index is 13.4. The van der Waals surface area contributed by atoms with Gasteiger partial charge in [0.1, 0.15) is 11.6 Å². The summed E-state index contributed by atoms with van der Waals surface area (Å²) in [6.45, 7) is 2.02. The second-order valence-corrected chi connectivity index (χ2v) is 4.46. The van der Waals surface area contributed by atoms with Crippen molar-refractivity contribution in [2.45, 2.75) is 19.8 Å². The van der Waals surface area contributed by atoms with E-state index in [1.165, 1.54) is 30.3 Å². The Bertz CT molecular complexity index is 608. The zero-order valence-electron chi connectivity index (χ0n) is 11.2. The highest BCUT2D eigenvalue weighted by Crippen LogP contribution is 2.23. The van der Waals surface area contributed by atoms with Gasteiger partial charge in [-0.3, -0.25) is 0 Å². The molecule has 0 spiro atoms. The van der Waals surface area contributed by atoms with E-state index in [-0.39, 0.29) is 11.6 Å². The smallest absolute Gasteiger partial charge is 0.406 e. The number of hydrogen-bond donors (Lipinski definition) is 1. The third-order valence-corrected chi connectivity index (χ3v) is 2.91. The molecule has 0 unspecified atom stereocenters. The van der Waals surface area contributed by atoms with Crippen molar-refractivity contribution in [2.24, 2.45) is 0 Å². The van der Waals surface area contributed by atoms with E-state index in [2.05, 4.69) is 10.1 Å². The van der Waals surface area contributed by atoms with Gasteiger partial charge in [-0.15, -0.1) is 13.2 Å². The van der Waals surface area contributed by atoms with Gasteiger partial charge in [0.05, 0.1) is 0 Å². The SMILES string of the molecule is Cc1c(F)cccc1NCc1ccc(OC(F)(F)F)cc1. The molecule has 6 heteroatoms. The summed E-state index contributed by atoms with van der Waals surface area (Å²) in [5.74, 6) is -0.581. The molecule has 0 fully saturated rings. The largest absolute Gasteiger partial charge is 0.573 e. The fourth-order valence-electron chi connectivity index (χ4n) is 1.81. The van der Waals surface area contributed by atoms with Crippen LogP contribution in [0.3, 0.4) is 0 Å². The molecule has 2 aromatic carbocycles. The molecule has 0 atom stereocenters. The number of ether oxygens (including phenoxy) is 1. The molecule has 21 heavy (non-hydrogen) atoms. The van der Waals surface area contributed by atoms with Crippen molar-refractivity contribution >= 4 is 5.69 Å². The van der Waals surface area contributed by atoms with E-state index < -0.39 is 6.36 Å². The van der Waals surface area contributed by atoms with E-state index >= 15 is 0 Å². The van der Waals surface area contributed by atoms with Crippen molar-refractivity contribution in [2.75, 3.05) is 5.32 Å². The number of benzene rings is 2. The second kappa shape index (κ2) is 6.03. The van der Waals surface area contributed by atoms with Gasteiger partial charge in [-0.25, -0.2) is 4.39 Å². The molecule has 0 aliphatic rings. The first-order chi connectivity index (χ1) is 9.85. The van der Waals surface area contributed by atoms with Gasteiger partial charge in [0.2, 0.25) is 0 Å². The Balaban J connectivity index is 1.99. The molecule has 2 aromatic rings. The van der Waals surface area contributed by atoms with Crippen LogP contribution in [0.25, 0.3) is 0 Å². The minimum absolute atomic E-state index is 0.270. The highest BCUT2D eigenvalue weighted by atomic mass is 19.4. The lowest BCUT2D eigenvalue weighted by molar-refractivity contribution is -0.274. The van der Waals surface area contributed by atoms with E-state index in [9.17, 15) is 17.6 Å². The van der Waals surface area contributed by atoms with Crippen LogP contribution < -0.4 is 10.1 Å². The van der Waals surface area contributed by atoms with Crippen LogP contribution in [0.2, 0.25) is 0 Å². The Morgan fingerprint density at radius 3 is 2.33 bits per heavy atom. The Kier molecular flexibility index (Phi) is 4.35. The molecule has 0 bridgehead atoms. The summed E-state index contributed by atoms with van der Waals surface area (Å²) in [5.41, 5.74) is 1.90. The molecule has 0 heterocycles. The van der Waals surface area contributed by atoms with E-state index in [1.807, 2.05) is 0 Å². The Labute approximate surface area is 119 Å². The molecule has 2 rings (SSSR count). The minimum Gasteiger partial charge on any atom is -0.406 e. The van der Waals surface area contributed by atoms with Crippen molar-refractivity contribution in [3.8, 4) is 5.75 Å². The van der Waals surface area contributed by atoms with E-state index in [0.717, 1.165) is 5.56 Å². The monoisotopic (exact) mass is 299 g/mol. The number of anilines is 1. The summed E-state index contributed by atoms with van der Waals surface area (Å²) in [4.78, 5) is 0. The molecule has 0 aliphatic carbocycles. The third kappa shape index (κ3) is 4.37. The number of hydrogen-bond acceptors (Lipinski definition) is 2. The number of rotatable bonds is 4. The summed E-state index contributed by atoms with van der Waals surface area (Å²) < 4.78 is 53.2. The quantitative estimate of drug-likeness (QED) is 0.830. The predicted molar refractivity (Wildman–Crippen MR) is 71.6 cm³/mol. The van der Waals surface area contributed by atoms with Gasteiger partial charge in [-0.2, -0.15) is 0 Å². The molecular formula is C15H13F4NO. The van der Waals surface area contributed by atoms with Crippen molar-refractivity contribution < 1.29 is 22.3 Å². The van der Waals surface area contributed by atoms with Crippen LogP contribution in [-0.4, -0.2) is 6.36 Å². The molecule has 0 amide bonds. The van der Waals surface area contributed by atoms with E-state index in [0.29, 0.717) is 17.8 Å². The van der Waals surface area contributed by atoms with Crippen LogP contribution in [0.4, 0.5) is 23.2 Å². The van der Waals surface area contributed by atoms with Gasteiger partial charge in [-0.1, -0.05) is 18.2 Å². The molecule has 0 aliphatic heterocycles. The predicted octanol–water partition coefficient (Wildman–Crippen LogP) is 4.64. The highest BCUT2D eigenvalue weighted by Gasteiger charge is 2.30. The molecule has 112 valence electrons. The minimum atomic E-state index is -4.70. The average molecular weight is 299 g/mol. The third-order valence-electron chi connectivity index (χ3n) is 2.91. The topological polar surface area (TPSA) is 21.3 Å². The van der Waals surface area contributed by atoms with Crippen LogP contribution in [0.1, 0.15) is 11.1 Å². The van der Waals surface area contributed by atoms with Crippen molar-refractivity contribution in [1.29, 1.82) is 0 Å². The van der Waals surface area contributed by atoms with Crippen molar-refractivity contribution in [3.05, 3.63) is 59.4 Å². The Morgan fingerprint density at radius 1 is 1.05 bits per heavy atom. The van der Waals surface area contributed by atoms with E-state index in [4.69, 9.17) is 0 Å². The fourth-order valence-corrected chi connectivity index (χ4v) is 1.81. The summed E-state index contributed by atoms with van der Waals surface area (Å²) in [5, 5.41) is 3.03. The number of nitrogens with one attached hydrogen (secondary N) is 1. The molecule has 1 N–H and O–H groups in total. The van der Waals surface area contributed by atoms with Gasteiger partial charge >= 0.3 is 6.36 Å². The average Bonchev–Trinajstić information content (AvgIpc) is 2.40. The first-order valence-corrected chi connectivity index (χ1v) is 6.19. The fraction of sp³-hybridized carbons (Fsp3) is 0.200. The zero-order valence-corrected chi connectivity index (χ0v) is 11.2. The van der Waals surface area contributed by atoms with Gasteiger partial charge in [-0.05, 0) is 36.8 Å². The molecular weight excluding hydrogens is 286 g/mol. The number of alkyl halides is 3. The van der Waals surface area contributed by atoms with Gasteiger partial charge in [0, 0.05) is 17.8 Å². The Hall–Kier alpha value is -2.24. The lowest BCUT2D eigenvalue weighted by Crippen LogP contribution is -2.17.